The van der Waals surface area contributed by atoms with Crippen LogP contribution in [-0.4, -0.2) is 53.3 Å². The monoisotopic (exact) mass is 335 g/mol. The van der Waals surface area contributed by atoms with Crippen LogP contribution in [0.5, 0.6) is 0 Å². The molecule has 0 radical (unpaired) electrons. The van der Waals surface area contributed by atoms with Gasteiger partial charge in [0.15, 0.2) is 0 Å². The minimum absolute atomic E-state index is 0.106. The Morgan fingerprint density at radius 2 is 1.46 bits per heavy atom. The topological polar surface area (TPSA) is 66.6 Å². The number of carbonyl (C=O) groups excluding carboxylic acids is 2. The highest BCUT2D eigenvalue weighted by atomic mass is 16.2. The number of piperazine rings is 1. The third-order valence-corrected chi connectivity index (χ3v) is 6.33. The molecule has 0 aromatic rings. The molecule has 5 heteroatoms. The fourth-order valence-electron chi connectivity index (χ4n) is 4.66. The molecule has 3 aliphatic rings. The third-order valence-electron chi connectivity index (χ3n) is 6.33. The standard InChI is InChI=1S/C19H33N3O2/c20-19(10-4-5-11-19)18(24)22-14-12-21(13-15-22)17(23)9-8-16-6-2-1-3-7-16/h16H,1-15,20H2. The quantitative estimate of drug-likeness (QED) is 0.857. The molecule has 2 N–H and O–H groups in total. The molecule has 5 nitrogen and oxygen atoms in total. The third kappa shape index (κ3) is 4.11. The van der Waals surface area contributed by atoms with E-state index in [1.807, 2.05) is 9.80 Å². The van der Waals surface area contributed by atoms with Crippen LogP contribution in [0.25, 0.3) is 0 Å². The highest BCUT2D eigenvalue weighted by Gasteiger charge is 2.40. The van der Waals surface area contributed by atoms with E-state index in [1.54, 1.807) is 0 Å². The molecular weight excluding hydrogens is 302 g/mol. The van der Waals surface area contributed by atoms with Crippen molar-refractivity contribution in [2.75, 3.05) is 26.2 Å². The summed E-state index contributed by atoms with van der Waals surface area (Å²) < 4.78 is 0. The second-order valence-corrected chi connectivity index (χ2v) is 8.08. The van der Waals surface area contributed by atoms with E-state index in [0.717, 1.165) is 38.0 Å². The Morgan fingerprint density at radius 3 is 2.08 bits per heavy atom. The highest BCUT2D eigenvalue weighted by Crippen LogP contribution is 2.30. The molecule has 0 atom stereocenters. The molecule has 136 valence electrons. The lowest BCUT2D eigenvalue weighted by Crippen LogP contribution is -2.59. The Hall–Kier alpha value is -1.10. The van der Waals surface area contributed by atoms with Crippen molar-refractivity contribution >= 4 is 11.8 Å². The molecule has 1 saturated heterocycles. The Labute approximate surface area is 145 Å². The second-order valence-electron chi connectivity index (χ2n) is 8.08. The number of amides is 2. The first-order valence-corrected chi connectivity index (χ1v) is 9.94. The number of nitrogens with two attached hydrogens (primary N) is 1. The van der Waals surface area contributed by atoms with Crippen LogP contribution in [0, 0.1) is 5.92 Å². The van der Waals surface area contributed by atoms with Gasteiger partial charge in [-0.25, -0.2) is 0 Å². The Kier molecular flexibility index (Phi) is 5.80. The number of nitrogens with zero attached hydrogens (tertiary/aromatic N) is 2. The SMILES string of the molecule is NC1(C(=O)N2CCN(C(=O)CCC3CCCCC3)CC2)CCCC1. The van der Waals surface area contributed by atoms with Gasteiger partial charge in [-0.05, 0) is 25.2 Å². The lowest BCUT2D eigenvalue weighted by atomic mass is 9.86. The molecule has 0 unspecified atom stereocenters. The van der Waals surface area contributed by atoms with Gasteiger partial charge in [0.05, 0.1) is 5.54 Å². The van der Waals surface area contributed by atoms with E-state index in [4.69, 9.17) is 5.73 Å². The first-order valence-electron chi connectivity index (χ1n) is 9.94. The zero-order valence-electron chi connectivity index (χ0n) is 15.0. The average Bonchev–Trinajstić information content (AvgIpc) is 3.08. The first-order chi connectivity index (χ1) is 11.6. The van der Waals surface area contributed by atoms with Gasteiger partial charge in [-0.1, -0.05) is 44.9 Å². The molecular formula is C19H33N3O2. The van der Waals surface area contributed by atoms with Crippen molar-refractivity contribution in [3.05, 3.63) is 0 Å². The van der Waals surface area contributed by atoms with Crippen LogP contribution in [0.15, 0.2) is 0 Å². The summed E-state index contributed by atoms with van der Waals surface area (Å²) in [6.45, 7) is 2.64. The van der Waals surface area contributed by atoms with Crippen molar-refractivity contribution in [3.8, 4) is 0 Å². The predicted molar refractivity (Wildman–Crippen MR) is 94.4 cm³/mol. The molecule has 3 fully saturated rings. The minimum atomic E-state index is -0.632. The summed E-state index contributed by atoms with van der Waals surface area (Å²) in [5, 5.41) is 0. The fourth-order valence-corrected chi connectivity index (χ4v) is 4.66. The molecule has 0 bridgehead atoms. The van der Waals surface area contributed by atoms with Crippen LogP contribution in [0.1, 0.15) is 70.6 Å². The molecule has 3 rings (SSSR count). The Morgan fingerprint density at radius 1 is 0.875 bits per heavy atom. The zero-order chi connectivity index (χ0) is 17.0. The van der Waals surface area contributed by atoms with Crippen molar-refractivity contribution in [1.29, 1.82) is 0 Å². The van der Waals surface area contributed by atoms with E-state index < -0.39 is 5.54 Å². The Balaban J connectivity index is 1.41. The first kappa shape index (κ1) is 17.7. The Bertz CT molecular complexity index is 446. The van der Waals surface area contributed by atoms with Crippen LogP contribution >= 0.6 is 0 Å². The largest absolute Gasteiger partial charge is 0.339 e. The van der Waals surface area contributed by atoms with E-state index >= 15 is 0 Å². The van der Waals surface area contributed by atoms with Gasteiger partial charge in [-0.3, -0.25) is 9.59 Å². The van der Waals surface area contributed by atoms with Gasteiger partial charge >= 0.3 is 0 Å². The second kappa shape index (κ2) is 7.85. The van der Waals surface area contributed by atoms with Gasteiger partial charge in [0, 0.05) is 32.6 Å². The summed E-state index contributed by atoms with van der Waals surface area (Å²) in [6.07, 6.45) is 12.1. The van der Waals surface area contributed by atoms with Crippen LogP contribution in [0.4, 0.5) is 0 Å². The normalized spacial score (nSPS) is 25.0. The van der Waals surface area contributed by atoms with Gasteiger partial charge in [-0.15, -0.1) is 0 Å². The molecule has 24 heavy (non-hydrogen) atoms. The van der Waals surface area contributed by atoms with E-state index in [-0.39, 0.29) is 11.8 Å². The lowest BCUT2D eigenvalue weighted by Gasteiger charge is -2.38. The van der Waals surface area contributed by atoms with Gasteiger partial charge in [0.1, 0.15) is 0 Å². The highest BCUT2D eigenvalue weighted by molar-refractivity contribution is 5.87. The maximum atomic E-state index is 12.6. The van der Waals surface area contributed by atoms with Crippen LogP contribution < -0.4 is 5.73 Å². The van der Waals surface area contributed by atoms with Crippen molar-refractivity contribution < 1.29 is 9.59 Å². The molecule has 0 aromatic carbocycles. The van der Waals surface area contributed by atoms with Crippen LogP contribution in [0.3, 0.4) is 0 Å². The number of hydrogen-bond donors (Lipinski definition) is 1. The van der Waals surface area contributed by atoms with Crippen molar-refractivity contribution in [3.63, 3.8) is 0 Å². The molecule has 0 aromatic heterocycles. The van der Waals surface area contributed by atoms with Gasteiger partial charge < -0.3 is 15.5 Å². The predicted octanol–water partition coefficient (Wildman–Crippen LogP) is 2.29. The van der Waals surface area contributed by atoms with Crippen LogP contribution in [0.2, 0.25) is 0 Å². The molecule has 1 heterocycles. The number of hydrogen-bond acceptors (Lipinski definition) is 3. The summed E-state index contributed by atoms with van der Waals surface area (Å²) in [4.78, 5) is 28.9. The van der Waals surface area contributed by atoms with E-state index in [2.05, 4.69) is 0 Å². The average molecular weight is 335 g/mol. The minimum Gasteiger partial charge on any atom is -0.339 e. The van der Waals surface area contributed by atoms with Crippen LogP contribution in [-0.2, 0) is 9.59 Å². The maximum absolute atomic E-state index is 12.6. The smallest absolute Gasteiger partial charge is 0.242 e. The summed E-state index contributed by atoms with van der Waals surface area (Å²) >= 11 is 0. The van der Waals surface area contributed by atoms with Crippen molar-refractivity contribution in [2.24, 2.45) is 11.7 Å². The maximum Gasteiger partial charge on any atom is 0.242 e. The number of carbonyl (C=O) groups is 2. The molecule has 1 aliphatic heterocycles. The van der Waals surface area contributed by atoms with Gasteiger partial charge in [0.2, 0.25) is 11.8 Å². The summed E-state index contributed by atoms with van der Waals surface area (Å²) in [5.41, 5.74) is 5.65. The summed E-state index contributed by atoms with van der Waals surface area (Å²) in [6, 6.07) is 0. The van der Waals surface area contributed by atoms with Crippen molar-refractivity contribution in [2.45, 2.75) is 76.2 Å². The van der Waals surface area contributed by atoms with Gasteiger partial charge in [-0.2, -0.15) is 0 Å². The van der Waals surface area contributed by atoms with E-state index in [1.165, 1.54) is 32.1 Å². The zero-order valence-corrected chi connectivity index (χ0v) is 15.0. The summed E-state index contributed by atoms with van der Waals surface area (Å²) in [7, 11) is 0. The number of rotatable bonds is 4. The summed E-state index contributed by atoms with van der Waals surface area (Å²) in [5.74, 6) is 1.13. The molecule has 2 amide bonds. The fraction of sp³-hybridized carbons (Fsp3) is 0.895. The van der Waals surface area contributed by atoms with E-state index in [9.17, 15) is 9.59 Å². The van der Waals surface area contributed by atoms with Gasteiger partial charge in [0.25, 0.3) is 0 Å². The van der Waals surface area contributed by atoms with Crippen molar-refractivity contribution in [1.82, 2.24) is 9.80 Å². The molecule has 2 saturated carbocycles. The molecule has 0 spiro atoms. The lowest BCUT2D eigenvalue weighted by molar-refractivity contribution is -0.143. The van der Waals surface area contributed by atoms with E-state index in [0.29, 0.717) is 32.6 Å². The molecule has 2 aliphatic carbocycles.